The number of rotatable bonds is 2. The molecule has 1 N–H and O–H groups in total. The molecule has 1 heterocycles. The SMILES string of the molecule is OC(c1cnc(Br)s1)C(F)F. The van der Waals surface area contributed by atoms with Crippen molar-refractivity contribution < 1.29 is 13.9 Å². The van der Waals surface area contributed by atoms with Gasteiger partial charge in [-0.3, -0.25) is 0 Å². The van der Waals surface area contributed by atoms with Gasteiger partial charge in [-0.05, 0) is 15.9 Å². The summed E-state index contributed by atoms with van der Waals surface area (Å²) in [6, 6.07) is 0. The van der Waals surface area contributed by atoms with Crippen LogP contribution in [0.2, 0.25) is 0 Å². The Labute approximate surface area is 74.0 Å². The summed E-state index contributed by atoms with van der Waals surface area (Å²) in [5.74, 6) is 0. The topological polar surface area (TPSA) is 33.1 Å². The molecule has 1 aromatic heterocycles. The van der Waals surface area contributed by atoms with Crippen LogP contribution in [0.4, 0.5) is 8.78 Å². The number of aliphatic hydroxyl groups is 1. The molecule has 0 saturated heterocycles. The van der Waals surface area contributed by atoms with Crippen molar-refractivity contribution in [1.29, 1.82) is 0 Å². The normalized spacial score (nSPS) is 13.9. The van der Waals surface area contributed by atoms with Crippen molar-refractivity contribution in [2.75, 3.05) is 0 Å². The first kappa shape index (κ1) is 9.02. The molecule has 1 unspecified atom stereocenters. The predicted octanol–water partition coefficient (Wildman–Crippen LogP) is 2.20. The van der Waals surface area contributed by atoms with Crippen LogP contribution < -0.4 is 0 Å². The molecular formula is C5H4BrF2NOS. The fraction of sp³-hybridized carbons (Fsp3) is 0.400. The number of hydrogen-bond acceptors (Lipinski definition) is 3. The first-order valence-corrected chi connectivity index (χ1v) is 4.29. The Bertz CT molecular complexity index is 242. The summed E-state index contributed by atoms with van der Waals surface area (Å²) in [6.07, 6.45) is -3.23. The fourth-order valence-electron chi connectivity index (χ4n) is 0.525. The van der Waals surface area contributed by atoms with E-state index in [9.17, 15) is 8.78 Å². The smallest absolute Gasteiger partial charge is 0.269 e. The van der Waals surface area contributed by atoms with Gasteiger partial charge >= 0.3 is 0 Å². The number of nitrogens with zero attached hydrogens (tertiary/aromatic N) is 1. The number of alkyl halides is 2. The summed E-state index contributed by atoms with van der Waals surface area (Å²) in [5, 5.41) is 8.81. The van der Waals surface area contributed by atoms with E-state index in [0.717, 1.165) is 11.3 Å². The highest BCUT2D eigenvalue weighted by molar-refractivity contribution is 9.11. The molecule has 0 aromatic carbocycles. The second kappa shape index (κ2) is 3.55. The Balaban J connectivity index is 2.76. The minimum Gasteiger partial charge on any atom is -0.382 e. The van der Waals surface area contributed by atoms with Crippen molar-refractivity contribution in [3.05, 3.63) is 15.0 Å². The molecule has 2 nitrogen and oxygen atoms in total. The molecule has 6 heteroatoms. The van der Waals surface area contributed by atoms with Crippen molar-refractivity contribution >= 4 is 27.3 Å². The molecule has 0 bridgehead atoms. The third-order valence-electron chi connectivity index (χ3n) is 1.03. The van der Waals surface area contributed by atoms with E-state index in [1.807, 2.05) is 0 Å². The first-order valence-electron chi connectivity index (χ1n) is 2.68. The van der Waals surface area contributed by atoms with Crippen molar-refractivity contribution in [1.82, 2.24) is 4.98 Å². The third kappa shape index (κ3) is 2.18. The lowest BCUT2D eigenvalue weighted by molar-refractivity contribution is -0.00381. The maximum Gasteiger partial charge on any atom is 0.269 e. The largest absolute Gasteiger partial charge is 0.382 e. The lowest BCUT2D eigenvalue weighted by atomic mass is 10.3. The van der Waals surface area contributed by atoms with Crippen molar-refractivity contribution in [3.8, 4) is 0 Å². The second-order valence-electron chi connectivity index (χ2n) is 1.79. The number of hydrogen-bond donors (Lipinski definition) is 1. The molecule has 0 aliphatic rings. The van der Waals surface area contributed by atoms with Gasteiger partial charge in [-0.15, -0.1) is 11.3 Å². The standard InChI is InChI=1S/C5H4BrF2NOS/c6-5-9-1-2(11-5)3(10)4(7)8/h1,3-4,10H. The van der Waals surface area contributed by atoms with Crippen LogP contribution in [0.1, 0.15) is 11.0 Å². The second-order valence-corrected chi connectivity index (χ2v) is 4.13. The van der Waals surface area contributed by atoms with Gasteiger partial charge in [0.2, 0.25) is 0 Å². The molecule has 0 aliphatic carbocycles. The van der Waals surface area contributed by atoms with E-state index in [4.69, 9.17) is 5.11 Å². The Morgan fingerprint density at radius 3 is 2.64 bits per heavy atom. The molecule has 0 radical (unpaired) electrons. The summed E-state index contributed by atoms with van der Waals surface area (Å²) in [5.41, 5.74) is 0. The maximum atomic E-state index is 11.8. The zero-order chi connectivity index (χ0) is 8.43. The number of thiazole rings is 1. The van der Waals surface area contributed by atoms with Gasteiger partial charge in [-0.1, -0.05) is 0 Å². The summed E-state index contributed by atoms with van der Waals surface area (Å²) >= 11 is 4.00. The minimum atomic E-state index is -2.75. The van der Waals surface area contributed by atoms with Crippen LogP contribution in [-0.2, 0) is 0 Å². The fourth-order valence-corrected chi connectivity index (χ4v) is 1.82. The molecule has 1 rings (SSSR count). The van der Waals surface area contributed by atoms with Crippen molar-refractivity contribution in [2.45, 2.75) is 12.5 Å². The number of aliphatic hydroxyl groups excluding tert-OH is 1. The van der Waals surface area contributed by atoms with Crippen molar-refractivity contribution in [2.24, 2.45) is 0 Å². The highest BCUT2D eigenvalue weighted by Crippen LogP contribution is 2.27. The minimum absolute atomic E-state index is 0.173. The van der Waals surface area contributed by atoms with Crippen LogP contribution in [0, 0.1) is 0 Å². The van der Waals surface area contributed by atoms with E-state index in [2.05, 4.69) is 20.9 Å². The Morgan fingerprint density at radius 1 is 1.64 bits per heavy atom. The van der Waals surface area contributed by atoms with E-state index in [1.165, 1.54) is 6.20 Å². The quantitative estimate of drug-likeness (QED) is 0.865. The lowest BCUT2D eigenvalue weighted by Crippen LogP contribution is -2.05. The van der Waals surface area contributed by atoms with Gasteiger partial charge in [-0.2, -0.15) is 0 Å². The van der Waals surface area contributed by atoms with Gasteiger partial charge < -0.3 is 5.11 Å². The molecule has 0 saturated carbocycles. The molecule has 1 aromatic rings. The Morgan fingerprint density at radius 2 is 2.27 bits per heavy atom. The summed E-state index contributed by atoms with van der Waals surface area (Å²) in [6.45, 7) is 0. The van der Waals surface area contributed by atoms with Gasteiger partial charge in [0.25, 0.3) is 6.43 Å². The van der Waals surface area contributed by atoms with Crippen molar-refractivity contribution in [3.63, 3.8) is 0 Å². The molecule has 11 heavy (non-hydrogen) atoms. The van der Waals surface area contributed by atoms with Crippen LogP contribution in [0.15, 0.2) is 10.1 Å². The Hall–Kier alpha value is -0.0700. The molecule has 0 amide bonds. The summed E-state index contributed by atoms with van der Waals surface area (Å²) < 4.78 is 24.2. The number of halogens is 3. The number of aromatic nitrogens is 1. The van der Waals surface area contributed by atoms with E-state index in [1.54, 1.807) is 0 Å². The average molecular weight is 244 g/mol. The van der Waals surface area contributed by atoms with Crippen LogP contribution in [0.3, 0.4) is 0 Å². The van der Waals surface area contributed by atoms with Gasteiger partial charge in [0.1, 0.15) is 0 Å². The Kier molecular flexibility index (Phi) is 2.91. The van der Waals surface area contributed by atoms with E-state index >= 15 is 0 Å². The van der Waals surface area contributed by atoms with Crippen LogP contribution in [0.5, 0.6) is 0 Å². The van der Waals surface area contributed by atoms with Crippen LogP contribution in [0.25, 0.3) is 0 Å². The monoisotopic (exact) mass is 243 g/mol. The predicted molar refractivity (Wildman–Crippen MR) is 40.8 cm³/mol. The van der Waals surface area contributed by atoms with Gasteiger partial charge in [0.05, 0.1) is 4.88 Å². The zero-order valence-corrected chi connectivity index (χ0v) is 7.57. The van der Waals surface area contributed by atoms with Crippen LogP contribution >= 0.6 is 27.3 Å². The van der Waals surface area contributed by atoms with E-state index < -0.39 is 12.5 Å². The summed E-state index contributed by atoms with van der Waals surface area (Å²) in [7, 11) is 0. The van der Waals surface area contributed by atoms with E-state index in [-0.39, 0.29) is 4.88 Å². The highest BCUT2D eigenvalue weighted by atomic mass is 79.9. The van der Waals surface area contributed by atoms with Crippen LogP contribution in [-0.4, -0.2) is 16.5 Å². The summed E-state index contributed by atoms with van der Waals surface area (Å²) in [4.78, 5) is 3.83. The average Bonchev–Trinajstić information content (AvgIpc) is 2.34. The molecule has 0 fully saturated rings. The first-order chi connectivity index (χ1) is 5.11. The lowest BCUT2D eigenvalue weighted by Gasteiger charge is -2.03. The molecular weight excluding hydrogens is 240 g/mol. The highest BCUT2D eigenvalue weighted by Gasteiger charge is 2.20. The van der Waals surface area contributed by atoms with E-state index in [0.29, 0.717) is 3.92 Å². The molecule has 62 valence electrons. The van der Waals surface area contributed by atoms with Gasteiger partial charge in [0, 0.05) is 6.20 Å². The van der Waals surface area contributed by atoms with Gasteiger partial charge in [-0.25, -0.2) is 13.8 Å². The molecule has 0 spiro atoms. The molecule has 0 aliphatic heterocycles. The zero-order valence-electron chi connectivity index (χ0n) is 5.17. The molecule has 1 atom stereocenters. The maximum absolute atomic E-state index is 11.8. The van der Waals surface area contributed by atoms with Gasteiger partial charge in [0.15, 0.2) is 10.0 Å². The third-order valence-corrected chi connectivity index (χ3v) is 2.57.